The number of hydrogen-bond acceptors (Lipinski definition) is 8. The second-order valence-electron chi connectivity index (χ2n) is 11.0. The van der Waals surface area contributed by atoms with E-state index in [2.05, 4.69) is 51.4 Å². The van der Waals surface area contributed by atoms with Crippen LogP contribution in [0.25, 0.3) is 0 Å². The van der Waals surface area contributed by atoms with Crippen molar-refractivity contribution in [1.82, 2.24) is 20.2 Å². The van der Waals surface area contributed by atoms with Crippen LogP contribution in [0.5, 0.6) is 0 Å². The molecule has 2 amide bonds. The molecule has 2 aromatic rings. The molecule has 0 bridgehead atoms. The van der Waals surface area contributed by atoms with E-state index in [1.54, 1.807) is 0 Å². The van der Waals surface area contributed by atoms with Crippen LogP contribution < -0.4 is 28.3 Å². The standard InChI is InChI=1S/C29H44ClN9O2/c1-39(2)16-8-6-10-20(27(33)40)17-19-14-13-18(21-11-3-4-12-22(19)21)9-5-7-15-35-29(34)38-28(41)23-25(31)37-26(32)24(30)36-23/h13-14,20H,3-12,15-17H2,1-2H3,(H2,33,40)(H4,31,32,37)(H3,34,35,38,41)/t20-/m0/s1. The number of amides is 2. The first-order valence-electron chi connectivity index (χ1n) is 14.3. The maximum Gasteiger partial charge on any atom is 0.280 e. The van der Waals surface area contributed by atoms with Gasteiger partial charge in [0.1, 0.15) is 0 Å². The number of nitrogens with two attached hydrogens (primary N) is 4. The molecule has 0 unspecified atom stereocenters. The number of aryl methyl sites for hydroxylation is 1. The Hall–Kier alpha value is -3.44. The Morgan fingerprint density at radius 3 is 2.37 bits per heavy atom. The van der Waals surface area contributed by atoms with Gasteiger partial charge in [0.25, 0.3) is 5.91 Å². The number of halogens is 1. The highest BCUT2D eigenvalue weighted by Gasteiger charge is 2.22. The number of anilines is 2. The maximum atomic E-state index is 12.4. The average Bonchev–Trinajstić information content (AvgIpc) is 2.92. The Labute approximate surface area is 247 Å². The van der Waals surface area contributed by atoms with Gasteiger partial charge in [0.2, 0.25) is 5.91 Å². The summed E-state index contributed by atoms with van der Waals surface area (Å²) in [6, 6.07) is 4.43. The molecule has 224 valence electrons. The predicted octanol–water partition coefficient (Wildman–Crippen LogP) is 2.62. The lowest BCUT2D eigenvalue weighted by Gasteiger charge is -2.24. The molecule has 1 aromatic carbocycles. The largest absolute Gasteiger partial charge is 0.382 e. The minimum Gasteiger partial charge on any atom is -0.382 e. The fourth-order valence-corrected chi connectivity index (χ4v) is 5.45. The lowest BCUT2D eigenvalue weighted by molar-refractivity contribution is -0.122. The first-order chi connectivity index (χ1) is 19.6. The predicted molar refractivity (Wildman–Crippen MR) is 165 cm³/mol. The molecule has 1 aliphatic carbocycles. The van der Waals surface area contributed by atoms with E-state index in [4.69, 9.17) is 34.5 Å². The Kier molecular flexibility index (Phi) is 12.2. The van der Waals surface area contributed by atoms with E-state index in [0.717, 1.165) is 64.3 Å². The Bertz CT molecular complexity index is 1250. The number of aliphatic imine (C=N–C) groups is 1. The lowest BCUT2D eigenvalue weighted by Crippen LogP contribution is -2.38. The number of hydrogen-bond donors (Lipinski definition) is 5. The van der Waals surface area contributed by atoms with Crippen LogP contribution in [0.1, 0.15) is 77.7 Å². The quantitative estimate of drug-likeness (QED) is 0.127. The number of aromatic nitrogens is 2. The number of carbonyl (C=O) groups excluding carboxylic acids is 2. The van der Waals surface area contributed by atoms with Crippen LogP contribution in [0.3, 0.4) is 0 Å². The van der Waals surface area contributed by atoms with E-state index in [9.17, 15) is 9.59 Å². The van der Waals surface area contributed by atoms with Crippen molar-refractivity contribution in [3.05, 3.63) is 45.2 Å². The lowest BCUT2D eigenvalue weighted by atomic mass is 9.81. The van der Waals surface area contributed by atoms with Gasteiger partial charge in [-0.25, -0.2) is 9.97 Å². The number of nitrogens with one attached hydrogen (secondary N) is 1. The molecule has 0 fully saturated rings. The van der Waals surface area contributed by atoms with Crippen molar-refractivity contribution in [2.45, 2.75) is 70.6 Å². The van der Waals surface area contributed by atoms with Crippen molar-refractivity contribution >= 4 is 41.0 Å². The van der Waals surface area contributed by atoms with Gasteiger partial charge in [0, 0.05) is 12.5 Å². The van der Waals surface area contributed by atoms with Gasteiger partial charge in [-0.3, -0.25) is 19.9 Å². The maximum absolute atomic E-state index is 12.4. The number of unbranched alkanes of at least 4 members (excludes halogenated alkanes) is 2. The third kappa shape index (κ3) is 9.57. The molecule has 1 aromatic heterocycles. The van der Waals surface area contributed by atoms with E-state index >= 15 is 0 Å². The molecular weight excluding hydrogens is 542 g/mol. The third-order valence-electron chi connectivity index (χ3n) is 7.50. The molecule has 0 spiro atoms. The van der Waals surface area contributed by atoms with E-state index < -0.39 is 5.91 Å². The first kappa shape index (κ1) is 32.1. The number of fused-ring (bicyclic) bond motifs is 1. The normalized spacial score (nSPS) is 14.1. The second kappa shape index (κ2) is 15.5. The molecule has 12 heteroatoms. The fraction of sp³-hybridized carbons (Fsp3) is 0.552. The number of carbonyl (C=O) groups is 2. The van der Waals surface area contributed by atoms with Gasteiger partial charge in [0.05, 0.1) is 0 Å². The summed E-state index contributed by atoms with van der Waals surface area (Å²) in [5.74, 6) is -1.21. The number of guanidine groups is 1. The van der Waals surface area contributed by atoms with Crippen LogP contribution in [-0.2, 0) is 30.5 Å². The summed E-state index contributed by atoms with van der Waals surface area (Å²) in [7, 11) is 4.13. The van der Waals surface area contributed by atoms with Crippen molar-refractivity contribution in [2.24, 2.45) is 22.4 Å². The monoisotopic (exact) mass is 585 g/mol. The van der Waals surface area contributed by atoms with E-state index in [-0.39, 0.29) is 40.3 Å². The van der Waals surface area contributed by atoms with Crippen LogP contribution in [0.4, 0.5) is 11.6 Å². The molecule has 1 aliphatic rings. The van der Waals surface area contributed by atoms with Gasteiger partial charge in [-0.1, -0.05) is 30.2 Å². The summed E-state index contributed by atoms with van der Waals surface area (Å²) in [4.78, 5) is 38.7. The van der Waals surface area contributed by atoms with Crippen molar-refractivity contribution < 1.29 is 9.59 Å². The molecule has 1 atom stereocenters. The van der Waals surface area contributed by atoms with E-state index in [0.29, 0.717) is 6.54 Å². The highest BCUT2D eigenvalue weighted by Crippen LogP contribution is 2.31. The molecule has 41 heavy (non-hydrogen) atoms. The summed E-state index contributed by atoms with van der Waals surface area (Å²) in [6.45, 7) is 1.48. The van der Waals surface area contributed by atoms with Gasteiger partial charge in [-0.15, -0.1) is 0 Å². The number of benzene rings is 1. The highest BCUT2D eigenvalue weighted by molar-refractivity contribution is 6.31. The van der Waals surface area contributed by atoms with Gasteiger partial charge >= 0.3 is 0 Å². The average molecular weight is 586 g/mol. The molecular formula is C29H44ClN9O2. The summed E-state index contributed by atoms with van der Waals surface area (Å²) in [5.41, 5.74) is 28.3. The summed E-state index contributed by atoms with van der Waals surface area (Å²) < 4.78 is 0. The molecule has 0 aliphatic heterocycles. The Balaban J connectivity index is 1.54. The third-order valence-corrected chi connectivity index (χ3v) is 7.78. The molecule has 0 radical (unpaired) electrons. The molecule has 9 N–H and O–H groups in total. The van der Waals surface area contributed by atoms with Crippen molar-refractivity contribution in [3.8, 4) is 0 Å². The van der Waals surface area contributed by atoms with Crippen molar-refractivity contribution in [2.75, 3.05) is 38.7 Å². The minimum absolute atomic E-state index is 0.0309. The van der Waals surface area contributed by atoms with Crippen LogP contribution in [-0.4, -0.2) is 59.8 Å². The first-order valence-corrected chi connectivity index (χ1v) is 14.7. The van der Waals surface area contributed by atoms with E-state index in [1.807, 2.05) is 0 Å². The summed E-state index contributed by atoms with van der Waals surface area (Å²) >= 11 is 5.84. The van der Waals surface area contributed by atoms with Crippen molar-refractivity contribution in [1.29, 1.82) is 0 Å². The summed E-state index contributed by atoms with van der Waals surface area (Å²) in [6.07, 6.45) is 10.8. The second-order valence-corrected chi connectivity index (χ2v) is 11.3. The number of nitrogens with zero attached hydrogens (tertiary/aromatic N) is 4. The van der Waals surface area contributed by atoms with Crippen molar-refractivity contribution in [3.63, 3.8) is 0 Å². The molecule has 3 rings (SSSR count). The highest BCUT2D eigenvalue weighted by atomic mass is 35.5. The molecule has 0 saturated carbocycles. The van der Waals surface area contributed by atoms with Crippen LogP contribution >= 0.6 is 11.6 Å². The zero-order valence-corrected chi connectivity index (χ0v) is 25.0. The fourth-order valence-electron chi connectivity index (χ4n) is 5.32. The topological polar surface area (TPSA) is 192 Å². The van der Waals surface area contributed by atoms with Gasteiger partial charge in [-0.05, 0) is 107 Å². The number of primary amides is 1. The Morgan fingerprint density at radius 2 is 1.68 bits per heavy atom. The number of nitrogen functional groups attached to an aromatic ring is 2. The SMILES string of the molecule is CN(C)CCCC[C@@H](Cc1ccc(CCCCN=C(N)NC(=O)c2nc(Cl)c(N)nc2N)c2c1CCCC2)C(N)=O. The smallest absolute Gasteiger partial charge is 0.280 e. The van der Waals surface area contributed by atoms with Gasteiger partial charge in [0.15, 0.2) is 28.4 Å². The summed E-state index contributed by atoms with van der Waals surface area (Å²) in [5, 5.41) is 2.34. The molecule has 11 nitrogen and oxygen atoms in total. The minimum atomic E-state index is -0.656. The number of rotatable bonds is 14. The zero-order valence-electron chi connectivity index (χ0n) is 24.2. The van der Waals surface area contributed by atoms with Gasteiger partial charge < -0.3 is 27.8 Å². The zero-order chi connectivity index (χ0) is 29.9. The van der Waals surface area contributed by atoms with Crippen LogP contribution in [0.2, 0.25) is 5.15 Å². The molecule has 0 saturated heterocycles. The van der Waals surface area contributed by atoms with Crippen LogP contribution in [0.15, 0.2) is 17.1 Å². The van der Waals surface area contributed by atoms with E-state index in [1.165, 1.54) is 35.1 Å². The van der Waals surface area contributed by atoms with Crippen LogP contribution in [0, 0.1) is 5.92 Å². The molecule has 1 heterocycles. The Morgan fingerprint density at radius 1 is 1.00 bits per heavy atom. The van der Waals surface area contributed by atoms with Gasteiger partial charge in [-0.2, -0.15) is 0 Å².